The average molecular weight is 401 g/mol. The lowest BCUT2D eigenvalue weighted by atomic mass is 9.97. The molecule has 4 rings (SSSR count). The van der Waals surface area contributed by atoms with Crippen molar-refractivity contribution in [3.8, 4) is 5.75 Å². The number of aromatic nitrogens is 3. The van der Waals surface area contributed by atoms with Gasteiger partial charge in [-0.15, -0.1) is 11.3 Å². The fourth-order valence-electron chi connectivity index (χ4n) is 3.55. The molecule has 0 saturated heterocycles. The summed E-state index contributed by atoms with van der Waals surface area (Å²) >= 11 is 1.51. The molecule has 148 valence electrons. The van der Waals surface area contributed by atoms with E-state index >= 15 is 0 Å². The maximum Gasteiger partial charge on any atom is 0.329 e. The minimum Gasteiger partial charge on any atom is -0.488 e. The third kappa shape index (κ3) is 3.44. The second kappa shape index (κ2) is 7.43. The molecular formula is C20H23N3O4S. The van der Waals surface area contributed by atoms with Crippen molar-refractivity contribution in [2.45, 2.75) is 46.1 Å². The molecule has 7 nitrogen and oxygen atoms in total. The Morgan fingerprint density at radius 1 is 1.21 bits per heavy atom. The summed E-state index contributed by atoms with van der Waals surface area (Å²) < 4.78 is 6.64. The van der Waals surface area contributed by atoms with Crippen LogP contribution < -0.4 is 21.4 Å². The molecule has 0 spiro atoms. The minimum atomic E-state index is -0.461. The summed E-state index contributed by atoms with van der Waals surface area (Å²) in [7, 11) is 0. The van der Waals surface area contributed by atoms with E-state index in [0.29, 0.717) is 28.4 Å². The Balaban J connectivity index is 1.70. The first-order chi connectivity index (χ1) is 13.4. The molecule has 8 heteroatoms. The lowest BCUT2D eigenvalue weighted by Crippen LogP contribution is -2.35. The number of aromatic amines is 2. The van der Waals surface area contributed by atoms with Gasteiger partial charge in [0, 0.05) is 22.8 Å². The highest BCUT2D eigenvalue weighted by Gasteiger charge is 2.21. The predicted molar refractivity (Wildman–Crippen MR) is 110 cm³/mol. The van der Waals surface area contributed by atoms with Crippen LogP contribution in [0.4, 0.5) is 0 Å². The Morgan fingerprint density at radius 2 is 2.00 bits per heavy atom. The number of nitrogens with zero attached hydrogens (tertiary/aromatic N) is 1. The third-order valence-corrected chi connectivity index (χ3v) is 6.14. The standard InChI is InChI=1S/C20H23N3O4S/c1-11(2)10-27-15-8-21-12(7-14(15)24)9-23-19(25)17-13-5-3-4-6-16(13)28-18(17)22-20(23)26/h7-8,11H,3-6,9-10H2,1-2H3,(H,21,24)(H,22,26). The second-order valence-electron chi connectivity index (χ2n) is 7.63. The van der Waals surface area contributed by atoms with Crippen molar-refractivity contribution in [1.29, 1.82) is 0 Å². The smallest absolute Gasteiger partial charge is 0.329 e. The molecule has 0 fully saturated rings. The van der Waals surface area contributed by atoms with Crippen LogP contribution in [0.2, 0.25) is 0 Å². The van der Waals surface area contributed by atoms with E-state index in [1.165, 1.54) is 28.5 Å². The van der Waals surface area contributed by atoms with Crippen LogP contribution in [0.15, 0.2) is 26.6 Å². The van der Waals surface area contributed by atoms with Crippen molar-refractivity contribution in [3.05, 3.63) is 59.5 Å². The van der Waals surface area contributed by atoms with Gasteiger partial charge in [0.1, 0.15) is 4.83 Å². The van der Waals surface area contributed by atoms with Crippen molar-refractivity contribution >= 4 is 21.6 Å². The van der Waals surface area contributed by atoms with Gasteiger partial charge in [-0.05, 0) is 37.2 Å². The second-order valence-corrected chi connectivity index (χ2v) is 8.73. The molecule has 28 heavy (non-hydrogen) atoms. The highest BCUT2D eigenvalue weighted by atomic mass is 32.1. The molecule has 1 aliphatic rings. The molecule has 2 N–H and O–H groups in total. The van der Waals surface area contributed by atoms with Crippen LogP contribution in [0.25, 0.3) is 10.2 Å². The van der Waals surface area contributed by atoms with Crippen molar-refractivity contribution in [2.24, 2.45) is 5.92 Å². The summed E-state index contributed by atoms with van der Waals surface area (Å²) in [6, 6.07) is 1.38. The molecule has 1 aliphatic carbocycles. The first-order valence-electron chi connectivity index (χ1n) is 9.56. The monoisotopic (exact) mass is 401 g/mol. The predicted octanol–water partition coefficient (Wildman–Crippen LogP) is 2.40. The molecule has 3 aromatic rings. The Kier molecular flexibility index (Phi) is 4.97. The summed E-state index contributed by atoms with van der Waals surface area (Å²) in [5, 5.41) is 0.624. The third-order valence-electron chi connectivity index (χ3n) is 4.93. The lowest BCUT2D eigenvalue weighted by Gasteiger charge is -2.11. The van der Waals surface area contributed by atoms with Crippen LogP contribution in [-0.2, 0) is 19.4 Å². The molecule has 0 amide bonds. The molecule has 3 aromatic heterocycles. The van der Waals surface area contributed by atoms with E-state index < -0.39 is 5.69 Å². The number of H-pyrrole nitrogens is 2. The van der Waals surface area contributed by atoms with Crippen LogP contribution in [0, 0.1) is 5.92 Å². The van der Waals surface area contributed by atoms with E-state index in [2.05, 4.69) is 9.97 Å². The van der Waals surface area contributed by atoms with Gasteiger partial charge < -0.3 is 9.72 Å². The van der Waals surface area contributed by atoms with Gasteiger partial charge in [0.05, 0.1) is 18.5 Å². The van der Waals surface area contributed by atoms with Gasteiger partial charge in [0.25, 0.3) is 5.56 Å². The normalized spacial score (nSPS) is 13.8. The largest absolute Gasteiger partial charge is 0.488 e. The molecule has 0 atom stereocenters. The van der Waals surface area contributed by atoms with Crippen molar-refractivity contribution in [1.82, 2.24) is 14.5 Å². The topological polar surface area (TPSA) is 96.9 Å². The van der Waals surface area contributed by atoms with Crippen molar-refractivity contribution < 1.29 is 4.74 Å². The van der Waals surface area contributed by atoms with E-state index in [4.69, 9.17) is 4.74 Å². The number of fused-ring (bicyclic) bond motifs is 3. The molecular weight excluding hydrogens is 378 g/mol. The zero-order valence-electron chi connectivity index (χ0n) is 16.0. The maximum atomic E-state index is 13.0. The highest BCUT2D eigenvalue weighted by molar-refractivity contribution is 7.18. The molecule has 3 heterocycles. The van der Waals surface area contributed by atoms with Crippen molar-refractivity contribution in [3.63, 3.8) is 0 Å². The minimum absolute atomic E-state index is 0.00836. The summed E-state index contributed by atoms with van der Waals surface area (Å²) in [4.78, 5) is 45.5. The van der Waals surface area contributed by atoms with Crippen LogP contribution >= 0.6 is 11.3 Å². The number of aryl methyl sites for hydroxylation is 2. The Labute approximate surface area is 165 Å². The molecule has 0 saturated carbocycles. The Hall–Kier alpha value is -2.61. The lowest BCUT2D eigenvalue weighted by molar-refractivity contribution is 0.267. The molecule has 0 aromatic carbocycles. The van der Waals surface area contributed by atoms with E-state index in [1.807, 2.05) is 13.8 Å². The Bertz CT molecular complexity index is 1200. The van der Waals surface area contributed by atoms with Gasteiger partial charge in [-0.1, -0.05) is 13.8 Å². The summed E-state index contributed by atoms with van der Waals surface area (Å²) in [5.74, 6) is 0.542. The molecule has 0 unspecified atom stereocenters. The van der Waals surface area contributed by atoms with E-state index in [1.54, 1.807) is 0 Å². The Morgan fingerprint density at radius 3 is 2.75 bits per heavy atom. The fraction of sp³-hybridized carbons (Fsp3) is 0.450. The van der Waals surface area contributed by atoms with Gasteiger partial charge in [-0.2, -0.15) is 0 Å². The van der Waals surface area contributed by atoms with Crippen LogP contribution in [0.1, 0.15) is 42.8 Å². The van der Waals surface area contributed by atoms with E-state index in [9.17, 15) is 14.4 Å². The number of hydrogen-bond acceptors (Lipinski definition) is 5. The van der Waals surface area contributed by atoms with Crippen LogP contribution in [0.5, 0.6) is 5.75 Å². The number of rotatable bonds is 5. The van der Waals surface area contributed by atoms with E-state index in [0.717, 1.165) is 35.8 Å². The first-order valence-corrected chi connectivity index (χ1v) is 10.4. The van der Waals surface area contributed by atoms with Gasteiger partial charge >= 0.3 is 5.69 Å². The molecule has 0 bridgehead atoms. The highest BCUT2D eigenvalue weighted by Crippen LogP contribution is 2.32. The summed E-state index contributed by atoms with van der Waals surface area (Å²) in [5.41, 5.74) is 0.536. The SMILES string of the molecule is CC(C)COc1c[nH]c(Cn2c(=O)[nH]c3sc4c(c3c2=O)CCCC4)cc1=O. The summed E-state index contributed by atoms with van der Waals surface area (Å²) in [6.45, 7) is 4.46. The van der Waals surface area contributed by atoms with Crippen LogP contribution in [0.3, 0.4) is 0 Å². The maximum absolute atomic E-state index is 13.0. The van der Waals surface area contributed by atoms with E-state index in [-0.39, 0.29) is 23.3 Å². The number of hydrogen-bond donors (Lipinski definition) is 2. The number of pyridine rings is 1. The van der Waals surface area contributed by atoms with Gasteiger partial charge in [0.2, 0.25) is 5.43 Å². The molecule has 0 radical (unpaired) electrons. The fourth-order valence-corrected chi connectivity index (χ4v) is 4.82. The van der Waals surface area contributed by atoms with Gasteiger partial charge in [-0.3, -0.25) is 19.1 Å². The zero-order chi connectivity index (χ0) is 19.8. The van der Waals surface area contributed by atoms with Crippen molar-refractivity contribution in [2.75, 3.05) is 6.61 Å². The quantitative estimate of drug-likeness (QED) is 0.686. The molecule has 0 aliphatic heterocycles. The average Bonchev–Trinajstić information content (AvgIpc) is 3.02. The van der Waals surface area contributed by atoms with Crippen LogP contribution in [-0.4, -0.2) is 21.1 Å². The number of ether oxygens (including phenoxy) is 1. The number of nitrogens with one attached hydrogen (secondary N) is 2. The number of thiophene rings is 1. The summed E-state index contributed by atoms with van der Waals surface area (Å²) in [6.07, 6.45) is 5.49. The van der Waals surface area contributed by atoms with Gasteiger partial charge in [-0.25, -0.2) is 4.79 Å². The zero-order valence-corrected chi connectivity index (χ0v) is 16.8. The van der Waals surface area contributed by atoms with Gasteiger partial charge in [0.15, 0.2) is 5.75 Å². The first kappa shape index (κ1) is 18.7.